The summed E-state index contributed by atoms with van der Waals surface area (Å²) in [5.41, 5.74) is 1.73. The molecule has 0 radical (unpaired) electrons. The van der Waals surface area contributed by atoms with E-state index in [1.165, 1.54) is 0 Å². The Labute approximate surface area is 107 Å². The van der Waals surface area contributed by atoms with Crippen molar-refractivity contribution in [2.45, 2.75) is 26.1 Å². The van der Waals surface area contributed by atoms with Gasteiger partial charge in [-0.3, -0.25) is 4.79 Å². The molecule has 0 aromatic carbocycles. The number of carbonyl (C=O) groups excluding carboxylic acids is 1. The highest BCUT2D eigenvalue weighted by Gasteiger charge is 2.29. The van der Waals surface area contributed by atoms with Crippen LogP contribution in [0, 0.1) is 6.92 Å². The number of rotatable bonds is 2. The molecule has 1 fully saturated rings. The second-order valence-corrected chi connectivity index (χ2v) is 4.88. The Morgan fingerprint density at radius 1 is 1.50 bits per heavy atom. The van der Waals surface area contributed by atoms with Crippen LogP contribution in [0.2, 0.25) is 0 Å². The molecule has 2 heterocycles. The molecule has 0 saturated carbocycles. The van der Waals surface area contributed by atoms with Crippen molar-refractivity contribution in [2.24, 2.45) is 7.05 Å². The molecule has 1 saturated heterocycles. The molecule has 1 amide bonds. The number of carbonyl (C=O) groups is 1. The first-order chi connectivity index (χ1) is 8.52. The molecule has 0 bridgehead atoms. The monoisotopic (exact) mass is 252 g/mol. The summed E-state index contributed by atoms with van der Waals surface area (Å²) >= 11 is 0. The van der Waals surface area contributed by atoms with Crippen molar-refractivity contribution >= 4 is 5.91 Å². The summed E-state index contributed by atoms with van der Waals surface area (Å²) in [7, 11) is 1.88. The van der Waals surface area contributed by atoms with Gasteiger partial charge in [-0.15, -0.1) is 0 Å². The van der Waals surface area contributed by atoms with Crippen LogP contribution in [0.25, 0.3) is 0 Å². The van der Waals surface area contributed by atoms with Crippen molar-refractivity contribution in [1.29, 1.82) is 0 Å². The first-order valence-corrected chi connectivity index (χ1v) is 6.21. The summed E-state index contributed by atoms with van der Waals surface area (Å²) in [4.78, 5) is 14.2. The van der Waals surface area contributed by atoms with Crippen LogP contribution in [0.3, 0.4) is 0 Å². The van der Waals surface area contributed by atoms with Gasteiger partial charge in [-0.1, -0.05) is 0 Å². The number of morpholine rings is 1. The minimum atomic E-state index is -0.279. The van der Waals surface area contributed by atoms with Crippen LogP contribution < -0.4 is 0 Å². The first-order valence-electron chi connectivity index (χ1n) is 6.21. The lowest BCUT2D eigenvalue weighted by atomic mass is 10.2. The minimum Gasteiger partial charge on any atom is -0.394 e. The van der Waals surface area contributed by atoms with Gasteiger partial charge in [0.2, 0.25) is 0 Å². The molecule has 1 aromatic heterocycles. The standard InChI is InChI=1S/C13H20N2O3/c1-9-4-5-12(14(9)3)13(17)15-6-10(2)18-11(7-15)8-16/h4-5,10-11,16H,6-8H2,1-3H3. The minimum absolute atomic E-state index is 0.000741. The molecule has 5 heteroatoms. The SMILES string of the molecule is Cc1ccc(C(=O)N2CC(C)OC(CO)C2)n1C. The van der Waals surface area contributed by atoms with E-state index in [-0.39, 0.29) is 24.7 Å². The van der Waals surface area contributed by atoms with Crippen molar-refractivity contribution in [3.63, 3.8) is 0 Å². The Morgan fingerprint density at radius 2 is 2.22 bits per heavy atom. The summed E-state index contributed by atoms with van der Waals surface area (Å²) in [6, 6.07) is 3.77. The van der Waals surface area contributed by atoms with Crippen LogP contribution >= 0.6 is 0 Å². The lowest BCUT2D eigenvalue weighted by molar-refractivity contribution is -0.0860. The highest BCUT2D eigenvalue weighted by atomic mass is 16.5. The summed E-state index contributed by atoms with van der Waals surface area (Å²) in [5.74, 6) is -0.000741. The van der Waals surface area contributed by atoms with Crippen LogP contribution in [0.5, 0.6) is 0 Å². The molecule has 1 aliphatic rings. The molecule has 2 rings (SSSR count). The number of aliphatic hydroxyl groups excluding tert-OH is 1. The van der Waals surface area contributed by atoms with Crippen LogP contribution in [-0.4, -0.2) is 52.4 Å². The van der Waals surface area contributed by atoms with Gasteiger partial charge in [-0.2, -0.15) is 0 Å². The summed E-state index contributed by atoms with van der Waals surface area (Å²) in [6.45, 7) is 4.84. The van der Waals surface area contributed by atoms with Gasteiger partial charge in [0.1, 0.15) is 5.69 Å². The van der Waals surface area contributed by atoms with E-state index in [1.807, 2.05) is 37.6 Å². The Kier molecular flexibility index (Phi) is 3.73. The number of aliphatic hydroxyl groups is 1. The maximum atomic E-state index is 12.4. The average molecular weight is 252 g/mol. The molecule has 0 aliphatic carbocycles. The van der Waals surface area contributed by atoms with Gasteiger partial charge < -0.3 is 19.3 Å². The van der Waals surface area contributed by atoms with E-state index in [0.29, 0.717) is 18.8 Å². The molecular formula is C13H20N2O3. The van der Waals surface area contributed by atoms with Gasteiger partial charge in [-0.05, 0) is 26.0 Å². The topological polar surface area (TPSA) is 54.7 Å². The normalized spacial score (nSPS) is 24.3. The smallest absolute Gasteiger partial charge is 0.270 e. The Balaban J connectivity index is 2.15. The summed E-state index contributed by atoms with van der Waals surface area (Å²) < 4.78 is 7.42. The molecule has 1 aliphatic heterocycles. The predicted octanol–water partition coefficient (Wildman–Crippen LogP) is 0.555. The molecule has 2 atom stereocenters. The van der Waals surface area contributed by atoms with Crippen molar-refractivity contribution in [2.75, 3.05) is 19.7 Å². The van der Waals surface area contributed by atoms with E-state index in [0.717, 1.165) is 5.69 Å². The Morgan fingerprint density at radius 3 is 2.78 bits per heavy atom. The maximum Gasteiger partial charge on any atom is 0.270 e. The van der Waals surface area contributed by atoms with Gasteiger partial charge in [0, 0.05) is 25.8 Å². The number of hydrogen-bond donors (Lipinski definition) is 1. The lowest BCUT2D eigenvalue weighted by Gasteiger charge is -2.36. The predicted molar refractivity (Wildman–Crippen MR) is 67.5 cm³/mol. The van der Waals surface area contributed by atoms with Crippen LogP contribution in [-0.2, 0) is 11.8 Å². The largest absolute Gasteiger partial charge is 0.394 e. The zero-order chi connectivity index (χ0) is 13.3. The number of hydrogen-bond acceptors (Lipinski definition) is 3. The number of ether oxygens (including phenoxy) is 1. The Bertz CT molecular complexity index is 441. The number of amides is 1. The van der Waals surface area contributed by atoms with Gasteiger partial charge >= 0.3 is 0 Å². The lowest BCUT2D eigenvalue weighted by Crippen LogP contribution is -2.50. The molecule has 1 aromatic rings. The average Bonchev–Trinajstić information content (AvgIpc) is 2.68. The highest BCUT2D eigenvalue weighted by molar-refractivity contribution is 5.93. The second-order valence-electron chi connectivity index (χ2n) is 4.88. The van der Waals surface area contributed by atoms with Crippen LogP contribution in [0.15, 0.2) is 12.1 Å². The molecule has 100 valence electrons. The summed E-state index contributed by atoms with van der Waals surface area (Å²) in [5, 5.41) is 9.17. The molecule has 5 nitrogen and oxygen atoms in total. The second kappa shape index (κ2) is 5.12. The van der Waals surface area contributed by atoms with E-state index in [2.05, 4.69) is 0 Å². The van der Waals surface area contributed by atoms with Gasteiger partial charge in [-0.25, -0.2) is 0 Å². The third-order valence-corrected chi connectivity index (χ3v) is 3.41. The molecular weight excluding hydrogens is 232 g/mol. The van der Waals surface area contributed by atoms with Gasteiger partial charge in [0.05, 0.1) is 18.8 Å². The fourth-order valence-corrected chi connectivity index (χ4v) is 2.30. The zero-order valence-corrected chi connectivity index (χ0v) is 11.1. The van der Waals surface area contributed by atoms with Gasteiger partial charge in [0.15, 0.2) is 0 Å². The highest BCUT2D eigenvalue weighted by Crippen LogP contribution is 2.15. The summed E-state index contributed by atoms with van der Waals surface area (Å²) in [6.07, 6.45) is -0.319. The third-order valence-electron chi connectivity index (χ3n) is 3.41. The van der Waals surface area contributed by atoms with Crippen molar-refractivity contribution < 1.29 is 14.6 Å². The Hall–Kier alpha value is -1.33. The third kappa shape index (κ3) is 2.42. The van der Waals surface area contributed by atoms with Crippen LogP contribution in [0.1, 0.15) is 23.1 Å². The van der Waals surface area contributed by atoms with Crippen LogP contribution in [0.4, 0.5) is 0 Å². The van der Waals surface area contributed by atoms with Gasteiger partial charge in [0.25, 0.3) is 5.91 Å². The van der Waals surface area contributed by atoms with Crippen molar-refractivity contribution in [1.82, 2.24) is 9.47 Å². The maximum absolute atomic E-state index is 12.4. The molecule has 1 N–H and O–H groups in total. The molecule has 0 spiro atoms. The first kappa shape index (κ1) is 13.1. The number of aromatic nitrogens is 1. The van der Waals surface area contributed by atoms with E-state index in [4.69, 9.17) is 9.84 Å². The van der Waals surface area contributed by atoms with E-state index >= 15 is 0 Å². The van der Waals surface area contributed by atoms with Crippen molar-refractivity contribution in [3.05, 3.63) is 23.5 Å². The molecule has 2 unspecified atom stereocenters. The van der Waals surface area contributed by atoms with E-state index in [1.54, 1.807) is 4.90 Å². The fraction of sp³-hybridized carbons (Fsp3) is 0.615. The quantitative estimate of drug-likeness (QED) is 0.836. The number of aryl methyl sites for hydroxylation is 1. The zero-order valence-electron chi connectivity index (χ0n) is 11.1. The van der Waals surface area contributed by atoms with Crippen molar-refractivity contribution in [3.8, 4) is 0 Å². The number of nitrogens with zero attached hydrogens (tertiary/aromatic N) is 2. The fourth-order valence-electron chi connectivity index (χ4n) is 2.30. The van der Waals surface area contributed by atoms with E-state index in [9.17, 15) is 4.79 Å². The molecule has 18 heavy (non-hydrogen) atoms. The van der Waals surface area contributed by atoms with E-state index < -0.39 is 0 Å².